The Morgan fingerprint density at radius 3 is 2.65 bits per heavy atom. The van der Waals surface area contributed by atoms with E-state index in [0.717, 1.165) is 0 Å². The van der Waals surface area contributed by atoms with Crippen molar-refractivity contribution in [3.8, 4) is 6.07 Å². The molecule has 0 aliphatic carbocycles. The maximum Gasteiger partial charge on any atom is 0.353 e. The molecule has 7 nitrogen and oxygen atoms in total. The van der Waals surface area contributed by atoms with Gasteiger partial charge in [0.15, 0.2) is 0 Å². The topological polar surface area (TPSA) is 128 Å². The third-order valence-corrected chi connectivity index (χ3v) is 5.45. The SMILES string of the molecule is CC(N)C[C@H]1C(SCCC#N)=C(C(=O)O)N2C(=O)[C@H]([C@@H](C)O)[C@@H]12. The van der Waals surface area contributed by atoms with Gasteiger partial charge in [0.1, 0.15) is 5.70 Å². The molecule has 0 spiro atoms. The summed E-state index contributed by atoms with van der Waals surface area (Å²) in [7, 11) is 0. The number of carboxylic acid groups (broad SMARTS) is 1. The van der Waals surface area contributed by atoms with Gasteiger partial charge in [0.25, 0.3) is 0 Å². The van der Waals surface area contributed by atoms with E-state index in [9.17, 15) is 19.8 Å². The molecular formula is C15H21N3O4S. The fourth-order valence-corrected chi connectivity index (χ4v) is 4.59. The van der Waals surface area contributed by atoms with Crippen molar-refractivity contribution in [2.24, 2.45) is 17.6 Å². The molecule has 126 valence electrons. The third kappa shape index (κ3) is 3.09. The zero-order valence-electron chi connectivity index (χ0n) is 13.1. The van der Waals surface area contributed by atoms with E-state index < -0.39 is 18.0 Å². The average Bonchev–Trinajstić information content (AvgIpc) is 2.69. The minimum atomic E-state index is -1.15. The normalized spacial score (nSPS) is 28.9. The van der Waals surface area contributed by atoms with Crippen LogP contribution in [0.5, 0.6) is 0 Å². The Balaban J connectivity index is 2.38. The lowest BCUT2D eigenvalue weighted by atomic mass is 9.76. The highest BCUT2D eigenvalue weighted by Gasteiger charge is 2.61. The average molecular weight is 339 g/mol. The number of rotatable bonds is 7. The molecule has 8 heteroatoms. The first-order valence-electron chi connectivity index (χ1n) is 7.55. The summed E-state index contributed by atoms with van der Waals surface area (Å²) in [5.74, 6) is -1.84. The van der Waals surface area contributed by atoms with Crippen LogP contribution in [-0.4, -0.2) is 50.9 Å². The van der Waals surface area contributed by atoms with Crippen LogP contribution in [0.2, 0.25) is 0 Å². The van der Waals surface area contributed by atoms with E-state index >= 15 is 0 Å². The number of amides is 1. The van der Waals surface area contributed by atoms with Crippen LogP contribution in [-0.2, 0) is 9.59 Å². The fourth-order valence-electron chi connectivity index (χ4n) is 3.40. The summed E-state index contributed by atoms with van der Waals surface area (Å²) in [6.07, 6.45) is -0.00821. The molecule has 2 heterocycles. The second-order valence-corrected chi connectivity index (χ2v) is 7.20. The second kappa shape index (κ2) is 6.91. The summed E-state index contributed by atoms with van der Waals surface area (Å²) in [6, 6.07) is 1.51. The zero-order chi connectivity index (χ0) is 17.3. The molecule has 5 atom stereocenters. The monoisotopic (exact) mass is 339 g/mol. The fraction of sp³-hybridized carbons (Fsp3) is 0.667. The predicted octanol–water partition coefficient (Wildman–Crippen LogP) is 0.504. The van der Waals surface area contributed by atoms with E-state index in [1.54, 1.807) is 6.92 Å². The minimum absolute atomic E-state index is 0.00881. The lowest BCUT2D eigenvalue weighted by molar-refractivity contribution is -0.163. The summed E-state index contributed by atoms with van der Waals surface area (Å²) in [5.41, 5.74) is 5.89. The van der Waals surface area contributed by atoms with Crippen molar-refractivity contribution in [2.45, 2.75) is 44.9 Å². The Hall–Kier alpha value is -1.56. The van der Waals surface area contributed by atoms with Crippen LogP contribution < -0.4 is 5.73 Å². The van der Waals surface area contributed by atoms with Gasteiger partial charge in [-0.1, -0.05) is 0 Å². The molecule has 1 fully saturated rings. The summed E-state index contributed by atoms with van der Waals surface area (Å²) >= 11 is 1.30. The Bertz CT molecular complexity index is 582. The van der Waals surface area contributed by atoms with E-state index in [2.05, 4.69) is 0 Å². The number of nitrogens with zero attached hydrogens (tertiary/aromatic N) is 2. The van der Waals surface area contributed by atoms with Gasteiger partial charge in [-0.25, -0.2) is 4.79 Å². The number of nitriles is 1. The van der Waals surface area contributed by atoms with E-state index in [-0.39, 0.29) is 29.6 Å². The Kier molecular flexibility index (Phi) is 5.34. The van der Waals surface area contributed by atoms with Crippen molar-refractivity contribution >= 4 is 23.6 Å². The van der Waals surface area contributed by atoms with Gasteiger partial charge < -0.3 is 20.8 Å². The second-order valence-electron chi connectivity index (χ2n) is 6.06. The van der Waals surface area contributed by atoms with E-state index in [4.69, 9.17) is 11.0 Å². The number of aliphatic carboxylic acids is 1. The third-order valence-electron chi connectivity index (χ3n) is 4.23. The van der Waals surface area contributed by atoms with E-state index in [1.807, 2.05) is 13.0 Å². The van der Waals surface area contributed by atoms with Crippen LogP contribution in [0.25, 0.3) is 0 Å². The molecule has 2 aliphatic rings. The Morgan fingerprint density at radius 2 is 2.17 bits per heavy atom. The number of hydrogen-bond acceptors (Lipinski definition) is 6. The lowest BCUT2D eigenvalue weighted by Crippen LogP contribution is -2.64. The van der Waals surface area contributed by atoms with Gasteiger partial charge in [0.2, 0.25) is 5.91 Å². The molecule has 0 bridgehead atoms. The zero-order valence-corrected chi connectivity index (χ0v) is 13.9. The number of carbonyl (C=O) groups excluding carboxylic acids is 1. The molecule has 0 radical (unpaired) electrons. The first kappa shape index (κ1) is 17.8. The van der Waals surface area contributed by atoms with E-state index in [1.165, 1.54) is 16.7 Å². The molecule has 0 aromatic heterocycles. The number of carboxylic acids is 1. The number of nitrogens with two attached hydrogens (primary N) is 1. The maximum atomic E-state index is 12.3. The highest BCUT2D eigenvalue weighted by atomic mass is 32.2. The van der Waals surface area contributed by atoms with Crippen LogP contribution in [0.15, 0.2) is 10.6 Å². The van der Waals surface area contributed by atoms with Crippen LogP contribution in [0, 0.1) is 23.2 Å². The molecule has 23 heavy (non-hydrogen) atoms. The van der Waals surface area contributed by atoms with Gasteiger partial charge in [0, 0.05) is 29.0 Å². The molecule has 2 aliphatic heterocycles. The number of fused-ring (bicyclic) bond motifs is 1. The quantitative estimate of drug-likeness (QED) is 0.455. The van der Waals surface area contributed by atoms with Gasteiger partial charge >= 0.3 is 5.97 Å². The van der Waals surface area contributed by atoms with Gasteiger partial charge in [-0.15, -0.1) is 11.8 Å². The van der Waals surface area contributed by atoms with Crippen molar-refractivity contribution in [3.05, 3.63) is 10.6 Å². The molecule has 4 N–H and O–H groups in total. The lowest BCUT2D eigenvalue weighted by Gasteiger charge is -2.47. The Morgan fingerprint density at radius 1 is 1.52 bits per heavy atom. The summed E-state index contributed by atoms with van der Waals surface area (Å²) in [6.45, 7) is 3.38. The minimum Gasteiger partial charge on any atom is -0.477 e. The summed E-state index contributed by atoms with van der Waals surface area (Å²) in [5, 5.41) is 28.1. The number of hydrogen-bond donors (Lipinski definition) is 3. The van der Waals surface area contributed by atoms with Gasteiger partial charge in [-0.3, -0.25) is 4.79 Å². The van der Waals surface area contributed by atoms with Crippen LogP contribution in [0.3, 0.4) is 0 Å². The van der Waals surface area contributed by atoms with Crippen molar-refractivity contribution in [1.82, 2.24) is 4.90 Å². The predicted molar refractivity (Wildman–Crippen MR) is 84.9 cm³/mol. The van der Waals surface area contributed by atoms with Crippen molar-refractivity contribution in [2.75, 3.05) is 5.75 Å². The maximum absolute atomic E-state index is 12.3. The smallest absolute Gasteiger partial charge is 0.353 e. The van der Waals surface area contributed by atoms with Crippen LogP contribution in [0.4, 0.5) is 0 Å². The first-order chi connectivity index (χ1) is 10.8. The molecular weight excluding hydrogens is 318 g/mol. The molecule has 0 saturated carbocycles. The largest absolute Gasteiger partial charge is 0.477 e. The van der Waals surface area contributed by atoms with Crippen molar-refractivity contribution in [1.29, 1.82) is 5.26 Å². The number of thioether (sulfide) groups is 1. The number of aliphatic hydroxyl groups excluding tert-OH is 1. The molecule has 2 rings (SSSR count). The van der Waals surface area contributed by atoms with Gasteiger partial charge in [-0.05, 0) is 20.3 Å². The standard InChI is InChI=1S/C15H21N3O4S/c1-7(17)6-9-11-10(8(2)19)14(20)18(11)12(15(21)22)13(9)23-5-3-4-16/h7-11,19H,3,5-6,17H2,1-2H3,(H,21,22)/t7?,8-,9-,10-,11-/m1/s1. The van der Waals surface area contributed by atoms with Gasteiger partial charge in [0.05, 0.1) is 24.1 Å². The van der Waals surface area contributed by atoms with Crippen molar-refractivity contribution in [3.63, 3.8) is 0 Å². The Labute approximate surface area is 139 Å². The summed E-state index contributed by atoms with van der Waals surface area (Å²) in [4.78, 5) is 25.8. The van der Waals surface area contributed by atoms with Crippen LogP contribution in [0.1, 0.15) is 26.7 Å². The molecule has 1 saturated heterocycles. The number of aliphatic hydroxyl groups is 1. The van der Waals surface area contributed by atoms with Crippen LogP contribution >= 0.6 is 11.8 Å². The summed E-state index contributed by atoms with van der Waals surface area (Å²) < 4.78 is 0. The number of β-lactam (4-membered cyclic amide) rings is 1. The molecule has 0 aromatic rings. The first-order valence-corrected chi connectivity index (χ1v) is 8.53. The molecule has 1 amide bonds. The molecule has 0 aromatic carbocycles. The highest BCUT2D eigenvalue weighted by molar-refractivity contribution is 8.03. The highest BCUT2D eigenvalue weighted by Crippen LogP contribution is 2.52. The van der Waals surface area contributed by atoms with Gasteiger partial charge in [-0.2, -0.15) is 5.26 Å². The molecule has 1 unspecified atom stereocenters. The number of carbonyl (C=O) groups is 2. The van der Waals surface area contributed by atoms with E-state index in [0.29, 0.717) is 23.5 Å². The van der Waals surface area contributed by atoms with Crippen molar-refractivity contribution < 1.29 is 19.8 Å².